The smallest absolute Gasteiger partial charge is 0.306 e. The first-order valence-corrected chi connectivity index (χ1v) is 32.9. The number of esters is 3. The fraction of sp³-hybridized carbons (Fsp3) is 0.786. The lowest BCUT2D eigenvalue weighted by Crippen LogP contribution is -2.30. The molecule has 0 amide bonds. The van der Waals surface area contributed by atoms with Crippen molar-refractivity contribution < 1.29 is 28.6 Å². The van der Waals surface area contributed by atoms with Gasteiger partial charge in [-0.25, -0.2) is 0 Å². The Morgan fingerprint density at radius 2 is 0.513 bits per heavy atom. The van der Waals surface area contributed by atoms with Crippen molar-refractivity contribution in [2.24, 2.45) is 0 Å². The molecule has 0 aromatic heterocycles. The van der Waals surface area contributed by atoms with Gasteiger partial charge in [0.1, 0.15) is 13.2 Å². The van der Waals surface area contributed by atoms with Crippen LogP contribution in [0.2, 0.25) is 0 Å². The minimum atomic E-state index is -0.791. The van der Waals surface area contributed by atoms with Gasteiger partial charge in [0.15, 0.2) is 6.10 Å². The van der Waals surface area contributed by atoms with Crippen LogP contribution in [0.4, 0.5) is 0 Å². The highest BCUT2D eigenvalue weighted by Crippen LogP contribution is 2.17. The van der Waals surface area contributed by atoms with Gasteiger partial charge in [-0.3, -0.25) is 14.4 Å². The molecule has 1 atom stereocenters. The number of unbranched alkanes of at least 4 members (excludes halogenated alkanes) is 37. The Hall–Kier alpha value is -3.15. The maximum Gasteiger partial charge on any atom is 0.306 e. The van der Waals surface area contributed by atoms with Crippen LogP contribution in [-0.2, 0) is 28.6 Å². The van der Waals surface area contributed by atoms with Crippen molar-refractivity contribution in [1.82, 2.24) is 0 Å². The van der Waals surface area contributed by atoms with E-state index in [1.54, 1.807) is 0 Å². The summed E-state index contributed by atoms with van der Waals surface area (Å²) in [7, 11) is 0. The molecular formula is C70H124O6. The summed E-state index contributed by atoms with van der Waals surface area (Å²) < 4.78 is 16.9. The van der Waals surface area contributed by atoms with Crippen molar-refractivity contribution >= 4 is 17.9 Å². The maximum absolute atomic E-state index is 12.9. The molecule has 0 N–H and O–H groups in total. The van der Waals surface area contributed by atoms with Crippen molar-refractivity contribution in [3.05, 3.63) is 72.9 Å². The monoisotopic (exact) mass is 1060 g/mol. The molecule has 0 fully saturated rings. The predicted octanol–water partition coefficient (Wildman–Crippen LogP) is 22.5. The second-order valence-electron chi connectivity index (χ2n) is 22.0. The average molecular weight is 1060 g/mol. The zero-order chi connectivity index (χ0) is 55.0. The fourth-order valence-electron chi connectivity index (χ4n) is 9.48. The molecule has 0 radical (unpaired) electrons. The zero-order valence-electron chi connectivity index (χ0n) is 50.5. The third-order valence-corrected chi connectivity index (χ3v) is 14.4. The van der Waals surface area contributed by atoms with Gasteiger partial charge in [0.05, 0.1) is 0 Å². The first-order chi connectivity index (χ1) is 37.5. The second kappa shape index (κ2) is 64.4. The predicted molar refractivity (Wildman–Crippen MR) is 330 cm³/mol. The van der Waals surface area contributed by atoms with E-state index in [0.29, 0.717) is 19.3 Å². The van der Waals surface area contributed by atoms with Gasteiger partial charge >= 0.3 is 17.9 Å². The minimum absolute atomic E-state index is 0.0857. The number of rotatable bonds is 60. The lowest BCUT2D eigenvalue weighted by Gasteiger charge is -2.18. The van der Waals surface area contributed by atoms with Crippen LogP contribution in [0.25, 0.3) is 0 Å². The van der Waals surface area contributed by atoms with E-state index in [1.165, 1.54) is 193 Å². The van der Waals surface area contributed by atoms with Gasteiger partial charge < -0.3 is 14.2 Å². The van der Waals surface area contributed by atoms with E-state index in [4.69, 9.17) is 14.2 Å². The second-order valence-corrected chi connectivity index (χ2v) is 22.0. The summed E-state index contributed by atoms with van der Waals surface area (Å²) in [5, 5.41) is 0. The van der Waals surface area contributed by atoms with E-state index < -0.39 is 6.10 Å². The van der Waals surface area contributed by atoms with E-state index in [1.807, 2.05) is 0 Å². The van der Waals surface area contributed by atoms with Gasteiger partial charge in [-0.2, -0.15) is 0 Å². The summed E-state index contributed by atoms with van der Waals surface area (Å²) in [5.74, 6) is -0.910. The molecule has 0 aliphatic rings. The van der Waals surface area contributed by atoms with Crippen LogP contribution in [0.15, 0.2) is 72.9 Å². The Morgan fingerprint density at radius 1 is 0.276 bits per heavy atom. The highest BCUT2D eigenvalue weighted by atomic mass is 16.6. The molecule has 0 saturated heterocycles. The highest BCUT2D eigenvalue weighted by molar-refractivity contribution is 5.71. The average Bonchev–Trinajstić information content (AvgIpc) is 3.42. The summed E-state index contributed by atoms with van der Waals surface area (Å²) in [6.07, 6.45) is 83.6. The topological polar surface area (TPSA) is 78.9 Å². The van der Waals surface area contributed by atoms with Gasteiger partial charge in [-0.15, -0.1) is 0 Å². The Labute approximate surface area is 472 Å². The Balaban J connectivity index is 4.22. The Bertz CT molecular complexity index is 1400. The minimum Gasteiger partial charge on any atom is -0.462 e. The quantitative estimate of drug-likeness (QED) is 0.0261. The molecule has 0 aliphatic heterocycles. The maximum atomic E-state index is 12.9. The molecule has 0 aromatic rings. The SMILES string of the molecule is CC/C=C\C/C=C\C/C=C\CCCCCC(=O)OCC(COC(=O)CCCCCCCCCCCCCCCCCCC/C=C\C/C=C\CCCCCCC)OC(=O)CCCCCCC/C=C\CCCCCCCCC. The van der Waals surface area contributed by atoms with Gasteiger partial charge in [0.2, 0.25) is 0 Å². The highest BCUT2D eigenvalue weighted by Gasteiger charge is 2.19. The first-order valence-electron chi connectivity index (χ1n) is 32.9. The van der Waals surface area contributed by atoms with Crippen LogP contribution in [-0.4, -0.2) is 37.2 Å². The molecule has 0 spiro atoms. The summed E-state index contributed by atoms with van der Waals surface area (Å²) in [5.41, 5.74) is 0. The van der Waals surface area contributed by atoms with E-state index in [-0.39, 0.29) is 31.1 Å². The van der Waals surface area contributed by atoms with E-state index >= 15 is 0 Å². The van der Waals surface area contributed by atoms with Gasteiger partial charge in [-0.05, 0) is 109 Å². The molecular weight excluding hydrogens is 937 g/mol. The lowest BCUT2D eigenvalue weighted by atomic mass is 10.0. The molecule has 76 heavy (non-hydrogen) atoms. The summed E-state index contributed by atoms with van der Waals surface area (Å²) in [4.78, 5) is 38.3. The Kier molecular flexibility index (Phi) is 61.7. The molecule has 440 valence electrons. The molecule has 0 heterocycles. The number of ether oxygens (including phenoxy) is 3. The Morgan fingerprint density at radius 3 is 0.829 bits per heavy atom. The van der Waals surface area contributed by atoms with Crippen molar-refractivity contribution in [3.8, 4) is 0 Å². The zero-order valence-corrected chi connectivity index (χ0v) is 50.5. The first kappa shape index (κ1) is 72.8. The lowest BCUT2D eigenvalue weighted by molar-refractivity contribution is -0.167. The number of hydrogen-bond acceptors (Lipinski definition) is 6. The molecule has 0 rings (SSSR count). The van der Waals surface area contributed by atoms with E-state index in [9.17, 15) is 14.4 Å². The van der Waals surface area contributed by atoms with Gasteiger partial charge in [-0.1, -0.05) is 280 Å². The van der Waals surface area contributed by atoms with Crippen molar-refractivity contribution in [3.63, 3.8) is 0 Å². The molecule has 0 bridgehead atoms. The summed E-state index contributed by atoms with van der Waals surface area (Å²) >= 11 is 0. The van der Waals surface area contributed by atoms with E-state index in [2.05, 4.69) is 93.7 Å². The van der Waals surface area contributed by atoms with Crippen LogP contribution in [0, 0.1) is 0 Å². The third-order valence-electron chi connectivity index (χ3n) is 14.4. The van der Waals surface area contributed by atoms with Crippen molar-refractivity contribution in [2.45, 2.75) is 341 Å². The van der Waals surface area contributed by atoms with Crippen LogP contribution in [0.3, 0.4) is 0 Å². The van der Waals surface area contributed by atoms with Crippen molar-refractivity contribution in [1.29, 1.82) is 0 Å². The molecule has 0 aromatic carbocycles. The molecule has 0 saturated carbocycles. The summed E-state index contributed by atoms with van der Waals surface area (Å²) in [6.45, 7) is 6.52. The van der Waals surface area contributed by atoms with Crippen LogP contribution < -0.4 is 0 Å². The normalized spacial score (nSPS) is 12.5. The van der Waals surface area contributed by atoms with Gasteiger partial charge in [0.25, 0.3) is 0 Å². The fourth-order valence-corrected chi connectivity index (χ4v) is 9.48. The number of allylic oxidation sites excluding steroid dienone is 12. The van der Waals surface area contributed by atoms with Crippen LogP contribution >= 0.6 is 0 Å². The number of carbonyl (C=O) groups is 3. The van der Waals surface area contributed by atoms with E-state index in [0.717, 1.165) is 103 Å². The van der Waals surface area contributed by atoms with Crippen molar-refractivity contribution in [2.75, 3.05) is 13.2 Å². The number of hydrogen-bond donors (Lipinski definition) is 0. The standard InChI is InChI=1S/C70H124O6/c1-4-7-10-13-16-19-22-25-27-29-30-31-32-33-34-35-36-37-38-39-40-41-43-45-48-51-54-57-60-63-69(72)75-66-67(65-74-68(71)62-59-56-53-50-47-44-24-21-18-15-12-9-6-3)76-70(73)64-61-58-55-52-49-46-42-28-26-23-20-17-14-11-8-5-2/h9,12,18,21-22,25,28-30,42,44,47,67H,4-8,10-11,13-17,19-20,23-24,26-27,31-41,43,45-46,48-66H2,1-3H3/b12-9-,21-18-,25-22-,30-29-,42-28-,47-44-. The van der Waals surface area contributed by atoms with Crippen LogP contribution in [0.1, 0.15) is 335 Å². The molecule has 1 unspecified atom stereocenters. The molecule has 6 nitrogen and oxygen atoms in total. The van der Waals surface area contributed by atoms with Gasteiger partial charge in [0, 0.05) is 19.3 Å². The molecule has 6 heteroatoms. The molecule has 0 aliphatic carbocycles. The third kappa shape index (κ3) is 61.7. The summed E-state index contributed by atoms with van der Waals surface area (Å²) in [6, 6.07) is 0. The van der Waals surface area contributed by atoms with Crippen LogP contribution in [0.5, 0.6) is 0 Å². The number of carbonyl (C=O) groups excluding carboxylic acids is 3. The largest absolute Gasteiger partial charge is 0.462 e.